The topological polar surface area (TPSA) is 63.2 Å². The highest BCUT2D eigenvalue weighted by atomic mass is 127. The maximum Gasteiger partial charge on any atom is 0.193 e. The van der Waals surface area contributed by atoms with Crippen LogP contribution in [0.5, 0.6) is 0 Å². The highest BCUT2D eigenvalue weighted by molar-refractivity contribution is 14.0. The molecule has 1 aromatic rings. The Kier molecular flexibility index (Phi) is 10.7. The monoisotopic (exact) mass is 521 g/mol. The summed E-state index contributed by atoms with van der Waals surface area (Å²) >= 11 is 0. The maximum atomic E-state index is 12.3. The minimum atomic E-state index is -0.985. The summed E-state index contributed by atoms with van der Waals surface area (Å²) < 4.78 is 24.0. The number of hydrogen-bond acceptors (Lipinski definition) is 4. The smallest absolute Gasteiger partial charge is 0.193 e. The van der Waals surface area contributed by atoms with Gasteiger partial charge in [-0.05, 0) is 37.8 Å². The van der Waals surface area contributed by atoms with Crippen molar-refractivity contribution in [1.82, 2.24) is 10.2 Å². The van der Waals surface area contributed by atoms with Crippen molar-refractivity contribution >= 4 is 40.7 Å². The van der Waals surface area contributed by atoms with Crippen LogP contribution in [0, 0.1) is 0 Å². The maximum absolute atomic E-state index is 12.3. The number of piperidine rings is 1. The summed E-state index contributed by atoms with van der Waals surface area (Å²) in [4.78, 5) is 7.52. The fourth-order valence-corrected chi connectivity index (χ4v) is 4.52. The van der Waals surface area contributed by atoms with E-state index in [4.69, 9.17) is 9.47 Å². The van der Waals surface area contributed by atoms with Gasteiger partial charge < -0.3 is 19.7 Å². The van der Waals surface area contributed by atoms with Crippen LogP contribution < -0.4 is 5.32 Å². The Labute approximate surface area is 187 Å². The van der Waals surface area contributed by atoms with Gasteiger partial charge in [0.1, 0.15) is 0 Å². The van der Waals surface area contributed by atoms with Crippen molar-refractivity contribution in [3.63, 3.8) is 0 Å². The zero-order chi connectivity index (χ0) is 18.9. The number of hydrogen-bond donors (Lipinski definition) is 1. The predicted octanol–water partition coefficient (Wildman–Crippen LogP) is 2.65. The van der Waals surface area contributed by atoms with Crippen molar-refractivity contribution in [1.29, 1.82) is 0 Å². The molecular formula is C20H32IN3O3S. The molecule has 2 aliphatic rings. The lowest BCUT2D eigenvalue weighted by atomic mass is 10.1. The van der Waals surface area contributed by atoms with Crippen LogP contribution in [-0.4, -0.2) is 72.9 Å². The number of nitrogens with zero attached hydrogens (tertiary/aromatic N) is 2. The van der Waals surface area contributed by atoms with E-state index >= 15 is 0 Å². The van der Waals surface area contributed by atoms with Crippen LogP contribution in [0.2, 0.25) is 0 Å². The van der Waals surface area contributed by atoms with Crippen molar-refractivity contribution in [3.8, 4) is 0 Å². The first kappa shape index (κ1) is 23.6. The Morgan fingerprint density at radius 2 is 2.04 bits per heavy atom. The molecule has 6 nitrogen and oxygen atoms in total. The van der Waals surface area contributed by atoms with Gasteiger partial charge in [0, 0.05) is 43.9 Å². The third kappa shape index (κ3) is 7.27. The molecule has 2 saturated heterocycles. The number of likely N-dealkylation sites (tertiary alicyclic amines) is 1. The average Bonchev–Trinajstić information content (AvgIpc) is 3.24. The highest BCUT2D eigenvalue weighted by Crippen LogP contribution is 2.17. The third-order valence-corrected chi connectivity index (χ3v) is 6.44. The van der Waals surface area contributed by atoms with E-state index in [0.717, 1.165) is 62.8 Å². The standard InChI is InChI=1S/C20H31N3O3S.HI/c1-21-20(22-11-15-27(24)19-7-3-2-4-8-19)23-12-9-17(10-13-23)26-16-18-6-5-14-25-18;/h2-4,7-8,17-18H,5-6,9-16H2,1H3,(H,21,22);1H. The average molecular weight is 521 g/mol. The highest BCUT2D eigenvalue weighted by Gasteiger charge is 2.24. The molecule has 0 aromatic heterocycles. The third-order valence-electron chi connectivity index (χ3n) is 5.07. The Morgan fingerprint density at radius 1 is 1.29 bits per heavy atom. The molecule has 2 atom stereocenters. The molecule has 3 rings (SSSR count). The van der Waals surface area contributed by atoms with Gasteiger partial charge in [-0.3, -0.25) is 9.20 Å². The first-order valence-electron chi connectivity index (χ1n) is 9.88. The largest absolute Gasteiger partial charge is 0.376 e. The van der Waals surface area contributed by atoms with Gasteiger partial charge in [-0.1, -0.05) is 18.2 Å². The van der Waals surface area contributed by atoms with E-state index in [-0.39, 0.29) is 24.0 Å². The van der Waals surface area contributed by atoms with E-state index in [1.165, 1.54) is 0 Å². The van der Waals surface area contributed by atoms with Crippen LogP contribution in [0.4, 0.5) is 0 Å². The Balaban J connectivity index is 0.00000280. The second kappa shape index (κ2) is 12.8. The number of nitrogens with one attached hydrogen (secondary N) is 1. The minimum Gasteiger partial charge on any atom is -0.376 e. The van der Waals surface area contributed by atoms with Gasteiger partial charge >= 0.3 is 0 Å². The number of aliphatic imine (C=N–C) groups is 1. The van der Waals surface area contributed by atoms with E-state index in [2.05, 4.69) is 15.2 Å². The fourth-order valence-electron chi connectivity index (χ4n) is 3.53. The zero-order valence-electron chi connectivity index (χ0n) is 16.5. The summed E-state index contributed by atoms with van der Waals surface area (Å²) in [5, 5.41) is 3.35. The van der Waals surface area contributed by atoms with Gasteiger partial charge in [0.15, 0.2) is 5.96 Å². The van der Waals surface area contributed by atoms with Crippen LogP contribution >= 0.6 is 24.0 Å². The van der Waals surface area contributed by atoms with Crippen LogP contribution in [0.1, 0.15) is 25.7 Å². The van der Waals surface area contributed by atoms with Gasteiger partial charge in [-0.25, -0.2) is 0 Å². The first-order valence-corrected chi connectivity index (χ1v) is 11.2. The Morgan fingerprint density at radius 3 is 2.68 bits per heavy atom. The number of benzene rings is 1. The zero-order valence-corrected chi connectivity index (χ0v) is 19.7. The van der Waals surface area contributed by atoms with Gasteiger partial charge in [0.2, 0.25) is 0 Å². The van der Waals surface area contributed by atoms with Crippen molar-refractivity contribution in [2.75, 3.05) is 45.6 Å². The number of halogens is 1. The molecule has 0 spiro atoms. The molecule has 2 aliphatic heterocycles. The SMILES string of the molecule is CN=C(NCCS(=O)c1ccccc1)N1CCC(OCC2CCCO2)CC1.I. The van der Waals surface area contributed by atoms with E-state index in [9.17, 15) is 4.21 Å². The van der Waals surface area contributed by atoms with E-state index in [0.29, 0.717) is 24.5 Å². The predicted molar refractivity (Wildman–Crippen MR) is 124 cm³/mol. The van der Waals surface area contributed by atoms with Crippen LogP contribution in [0.15, 0.2) is 40.2 Å². The van der Waals surface area contributed by atoms with Crippen LogP contribution in [0.25, 0.3) is 0 Å². The molecule has 0 aliphatic carbocycles. The Hall–Kier alpha value is -0.710. The summed E-state index contributed by atoms with van der Waals surface area (Å²) in [6, 6.07) is 9.60. The molecular weight excluding hydrogens is 489 g/mol. The summed E-state index contributed by atoms with van der Waals surface area (Å²) in [5.41, 5.74) is 0. The summed E-state index contributed by atoms with van der Waals surface area (Å²) in [6.07, 6.45) is 4.90. The molecule has 0 bridgehead atoms. The normalized spacial score (nSPS) is 22.0. The molecule has 0 amide bonds. The number of ether oxygens (including phenoxy) is 2. The number of guanidine groups is 1. The van der Waals surface area contributed by atoms with E-state index < -0.39 is 10.8 Å². The quantitative estimate of drug-likeness (QED) is 0.340. The van der Waals surface area contributed by atoms with Gasteiger partial charge in [-0.15, -0.1) is 24.0 Å². The molecule has 0 radical (unpaired) electrons. The molecule has 8 heteroatoms. The molecule has 2 fully saturated rings. The lowest BCUT2D eigenvalue weighted by Crippen LogP contribution is -2.47. The van der Waals surface area contributed by atoms with Crippen LogP contribution in [0.3, 0.4) is 0 Å². The fraction of sp³-hybridized carbons (Fsp3) is 0.650. The van der Waals surface area contributed by atoms with Gasteiger partial charge in [-0.2, -0.15) is 0 Å². The molecule has 2 unspecified atom stereocenters. The second-order valence-corrected chi connectivity index (χ2v) is 8.56. The molecule has 1 N–H and O–H groups in total. The summed E-state index contributed by atoms with van der Waals surface area (Å²) in [7, 11) is 0.818. The van der Waals surface area contributed by atoms with Crippen molar-refractivity contribution in [2.24, 2.45) is 4.99 Å². The molecule has 1 aromatic carbocycles. The summed E-state index contributed by atoms with van der Waals surface area (Å²) in [6.45, 7) is 4.10. The lowest BCUT2D eigenvalue weighted by molar-refractivity contribution is -0.0367. The van der Waals surface area contributed by atoms with Crippen LogP contribution in [-0.2, 0) is 20.3 Å². The Bertz CT molecular complexity index is 618. The first-order chi connectivity index (χ1) is 13.3. The molecule has 158 valence electrons. The molecule has 2 heterocycles. The van der Waals surface area contributed by atoms with Crippen molar-refractivity contribution < 1.29 is 13.7 Å². The molecule has 0 saturated carbocycles. The minimum absolute atomic E-state index is 0. The molecule has 28 heavy (non-hydrogen) atoms. The second-order valence-electron chi connectivity index (χ2n) is 6.99. The van der Waals surface area contributed by atoms with Gasteiger partial charge in [0.25, 0.3) is 0 Å². The lowest BCUT2D eigenvalue weighted by Gasteiger charge is -2.34. The van der Waals surface area contributed by atoms with Gasteiger partial charge in [0.05, 0.1) is 29.6 Å². The van der Waals surface area contributed by atoms with Crippen molar-refractivity contribution in [3.05, 3.63) is 30.3 Å². The summed E-state index contributed by atoms with van der Waals surface area (Å²) in [5.74, 6) is 1.46. The van der Waals surface area contributed by atoms with Crippen molar-refractivity contribution in [2.45, 2.75) is 42.8 Å². The number of rotatable bonds is 7. The van der Waals surface area contributed by atoms with E-state index in [1.54, 1.807) is 7.05 Å². The van der Waals surface area contributed by atoms with E-state index in [1.807, 2.05) is 30.3 Å².